The van der Waals surface area contributed by atoms with Crippen LogP contribution in [-0.2, 0) is 12.8 Å². The number of aromatic nitrogens is 1. The van der Waals surface area contributed by atoms with Gasteiger partial charge < -0.3 is 10.6 Å². The Morgan fingerprint density at radius 2 is 2.05 bits per heavy atom. The summed E-state index contributed by atoms with van der Waals surface area (Å²) in [5.74, 6) is 0. The first-order chi connectivity index (χ1) is 10.8. The first-order valence-corrected chi connectivity index (χ1v) is 9.09. The number of urea groups is 1. The molecular formula is C15H25N5OS. The Labute approximate surface area is 135 Å². The molecule has 3 rings (SSSR count). The molecule has 2 amide bonds. The lowest BCUT2D eigenvalue weighted by Crippen LogP contribution is -2.46. The molecule has 0 bridgehead atoms. The molecule has 1 saturated heterocycles. The molecule has 0 aromatic carbocycles. The minimum absolute atomic E-state index is 0.140. The molecule has 7 heteroatoms. The van der Waals surface area contributed by atoms with Crippen molar-refractivity contribution < 1.29 is 4.79 Å². The highest BCUT2D eigenvalue weighted by Gasteiger charge is 2.15. The van der Waals surface area contributed by atoms with Crippen LogP contribution in [0.5, 0.6) is 0 Å². The van der Waals surface area contributed by atoms with Crippen LogP contribution in [0, 0.1) is 0 Å². The molecule has 0 spiro atoms. The second-order valence-corrected chi connectivity index (χ2v) is 7.01. The van der Waals surface area contributed by atoms with Crippen LogP contribution in [0.25, 0.3) is 0 Å². The molecule has 1 aliphatic carbocycles. The van der Waals surface area contributed by atoms with Crippen LogP contribution >= 0.6 is 11.3 Å². The van der Waals surface area contributed by atoms with E-state index >= 15 is 0 Å². The van der Waals surface area contributed by atoms with E-state index < -0.39 is 0 Å². The summed E-state index contributed by atoms with van der Waals surface area (Å²) >= 11 is 1.64. The van der Waals surface area contributed by atoms with Gasteiger partial charge in [-0.05, 0) is 25.7 Å². The maximum Gasteiger partial charge on any atom is 0.321 e. The maximum absolute atomic E-state index is 11.9. The van der Waals surface area contributed by atoms with E-state index in [1.54, 1.807) is 11.3 Å². The first kappa shape index (κ1) is 15.7. The van der Waals surface area contributed by atoms with E-state index in [0.29, 0.717) is 6.54 Å². The van der Waals surface area contributed by atoms with Crippen LogP contribution in [0.1, 0.15) is 29.8 Å². The number of thiazole rings is 1. The molecule has 2 heterocycles. The highest BCUT2D eigenvalue weighted by molar-refractivity contribution is 7.15. The summed E-state index contributed by atoms with van der Waals surface area (Å²) in [5.41, 5.74) is 1.19. The molecule has 1 aromatic heterocycles. The number of amides is 2. The normalized spacial score (nSPS) is 19.3. The van der Waals surface area contributed by atoms with Gasteiger partial charge in [-0.2, -0.15) is 0 Å². The number of piperazine rings is 1. The molecule has 1 aromatic rings. The average molecular weight is 323 g/mol. The summed E-state index contributed by atoms with van der Waals surface area (Å²) in [6, 6.07) is -0.140. The number of anilines is 1. The SMILES string of the molecule is O=C(NCCN1CCNCC1)Nc1nc2c(s1)CCCCC2. The maximum atomic E-state index is 11.9. The molecule has 122 valence electrons. The fourth-order valence-corrected chi connectivity index (χ4v) is 4.03. The highest BCUT2D eigenvalue weighted by atomic mass is 32.1. The van der Waals surface area contributed by atoms with Crippen molar-refractivity contribution in [3.63, 3.8) is 0 Å². The molecule has 0 atom stereocenters. The monoisotopic (exact) mass is 323 g/mol. The highest BCUT2D eigenvalue weighted by Crippen LogP contribution is 2.28. The first-order valence-electron chi connectivity index (χ1n) is 8.28. The molecule has 0 saturated carbocycles. The van der Waals surface area contributed by atoms with Crippen LogP contribution in [0.4, 0.5) is 9.93 Å². The Morgan fingerprint density at radius 1 is 1.23 bits per heavy atom. The lowest BCUT2D eigenvalue weighted by molar-refractivity contribution is 0.233. The Kier molecular flexibility index (Phi) is 5.64. The number of hydrogen-bond acceptors (Lipinski definition) is 5. The van der Waals surface area contributed by atoms with Crippen molar-refractivity contribution in [2.75, 3.05) is 44.6 Å². The van der Waals surface area contributed by atoms with Gasteiger partial charge in [0.1, 0.15) is 0 Å². The molecule has 1 fully saturated rings. The number of carbonyl (C=O) groups is 1. The second kappa shape index (κ2) is 7.89. The third-order valence-electron chi connectivity index (χ3n) is 4.24. The molecule has 0 radical (unpaired) electrons. The summed E-state index contributed by atoms with van der Waals surface area (Å²) in [7, 11) is 0. The van der Waals surface area contributed by atoms with E-state index in [9.17, 15) is 4.79 Å². The lowest BCUT2D eigenvalue weighted by atomic mass is 10.2. The average Bonchev–Trinajstić information content (AvgIpc) is 2.77. The Balaban J connectivity index is 1.41. The van der Waals surface area contributed by atoms with Gasteiger partial charge in [-0.3, -0.25) is 10.2 Å². The van der Waals surface area contributed by atoms with Gasteiger partial charge in [0.05, 0.1) is 5.69 Å². The summed E-state index contributed by atoms with van der Waals surface area (Å²) in [5, 5.41) is 9.88. The Morgan fingerprint density at radius 3 is 2.91 bits per heavy atom. The lowest BCUT2D eigenvalue weighted by Gasteiger charge is -2.27. The minimum atomic E-state index is -0.140. The molecule has 6 nitrogen and oxygen atoms in total. The minimum Gasteiger partial charge on any atom is -0.337 e. The van der Waals surface area contributed by atoms with Crippen LogP contribution in [-0.4, -0.2) is 55.2 Å². The number of nitrogens with one attached hydrogen (secondary N) is 3. The van der Waals surface area contributed by atoms with Gasteiger partial charge in [0.15, 0.2) is 5.13 Å². The second-order valence-electron chi connectivity index (χ2n) is 5.92. The molecular weight excluding hydrogens is 298 g/mol. The van der Waals surface area contributed by atoms with Crippen LogP contribution in [0.2, 0.25) is 0 Å². The van der Waals surface area contributed by atoms with Crippen molar-refractivity contribution in [1.82, 2.24) is 20.5 Å². The largest absolute Gasteiger partial charge is 0.337 e. The standard InChI is InChI=1S/C15H25N5OS/c21-14(17-8-11-20-9-6-16-7-10-20)19-15-18-12-4-2-1-3-5-13(12)22-15/h16H,1-11H2,(H2,17,18,19,21). The van der Waals surface area contributed by atoms with E-state index in [4.69, 9.17) is 0 Å². The fourth-order valence-electron chi connectivity index (χ4n) is 2.99. The summed E-state index contributed by atoms with van der Waals surface area (Å²) in [6.45, 7) is 5.78. The van der Waals surface area contributed by atoms with Gasteiger partial charge in [0.2, 0.25) is 0 Å². The number of hydrogen-bond donors (Lipinski definition) is 3. The molecule has 0 unspecified atom stereocenters. The van der Waals surface area contributed by atoms with Gasteiger partial charge in [0, 0.05) is 44.1 Å². The molecule has 1 aliphatic heterocycles. The predicted octanol–water partition coefficient (Wildman–Crippen LogP) is 1.44. The van der Waals surface area contributed by atoms with Gasteiger partial charge in [-0.1, -0.05) is 6.42 Å². The number of rotatable bonds is 4. The number of fused-ring (bicyclic) bond motifs is 1. The van der Waals surface area contributed by atoms with Crippen molar-refractivity contribution in [2.24, 2.45) is 0 Å². The summed E-state index contributed by atoms with van der Waals surface area (Å²) in [4.78, 5) is 20.2. The van der Waals surface area contributed by atoms with E-state index in [1.165, 1.54) is 29.8 Å². The van der Waals surface area contributed by atoms with Crippen LogP contribution in [0.3, 0.4) is 0 Å². The third kappa shape index (κ3) is 4.41. The zero-order chi connectivity index (χ0) is 15.2. The molecule has 2 aliphatic rings. The number of aryl methyl sites for hydroxylation is 2. The summed E-state index contributed by atoms with van der Waals surface area (Å²) in [6.07, 6.45) is 5.91. The van der Waals surface area contributed by atoms with Crippen molar-refractivity contribution in [2.45, 2.75) is 32.1 Å². The zero-order valence-electron chi connectivity index (χ0n) is 13.0. The van der Waals surface area contributed by atoms with Gasteiger partial charge >= 0.3 is 6.03 Å². The van der Waals surface area contributed by atoms with Crippen LogP contribution in [0.15, 0.2) is 0 Å². The van der Waals surface area contributed by atoms with Crippen LogP contribution < -0.4 is 16.0 Å². The van der Waals surface area contributed by atoms with Crippen molar-refractivity contribution in [3.05, 3.63) is 10.6 Å². The topological polar surface area (TPSA) is 69.3 Å². The number of nitrogens with zero attached hydrogens (tertiary/aromatic N) is 2. The Bertz CT molecular complexity index is 475. The van der Waals surface area contributed by atoms with Crippen molar-refractivity contribution >= 4 is 22.5 Å². The fraction of sp³-hybridized carbons (Fsp3) is 0.733. The third-order valence-corrected chi connectivity index (χ3v) is 5.31. The van der Waals surface area contributed by atoms with E-state index in [0.717, 1.165) is 50.7 Å². The zero-order valence-corrected chi connectivity index (χ0v) is 13.8. The quantitative estimate of drug-likeness (QED) is 0.734. The van der Waals surface area contributed by atoms with Crippen molar-refractivity contribution in [3.8, 4) is 0 Å². The number of carbonyl (C=O) groups excluding carboxylic acids is 1. The van der Waals surface area contributed by atoms with E-state index in [1.807, 2.05) is 0 Å². The van der Waals surface area contributed by atoms with Gasteiger partial charge in [-0.25, -0.2) is 9.78 Å². The molecule has 3 N–H and O–H groups in total. The van der Waals surface area contributed by atoms with E-state index in [-0.39, 0.29) is 6.03 Å². The van der Waals surface area contributed by atoms with E-state index in [2.05, 4.69) is 25.8 Å². The molecule has 22 heavy (non-hydrogen) atoms. The Hall–Kier alpha value is -1.18. The van der Waals surface area contributed by atoms with Gasteiger partial charge in [0.25, 0.3) is 0 Å². The predicted molar refractivity (Wildman–Crippen MR) is 89.7 cm³/mol. The van der Waals surface area contributed by atoms with Gasteiger partial charge in [-0.15, -0.1) is 11.3 Å². The van der Waals surface area contributed by atoms with Crippen molar-refractivity contribution in [1.29, 1.82) is 0 Å². The smallest absolute Gasteiger partial charge is 0.321 e. The summed E-state index contributed by atoms with van der Waals surface area (Å²) < 4.78 is 0.